The summed E-state index contributed by atoms with van der Waals surface area (Å²) in [5, 5.41) is 21.0. The molecule has 3 heterocycles. The quantitative estimate of drug-likeness (QED) is 0.624. The van der Waals surface area contributed by atoms with Gasteiger partial charge in [-0.1, -0.05) is 0 Å². The number of nitrogens with zero attached hydrogens (tertiary/aromatic N) is 6. The lowest BCUT2D eigenvalue weighted by Crippen LogP contribution is -2.14. The van der Waals surface area contributed by atoms with Gasteiger partial charge in [-0.15, -0.1) is 15.3 Å². The largest absolute Gasteiger partial charge is 0.364 e. The monoisotopic (exact) mass is 246 g/mol. The molecule has 3 aromatic rings. The molecule has 3 aromatic heterocycles. The molecule has 0 saturated heterocycles. The maximum Gasteiger partial charge on any atom is 0.364 e. The first kappa shape index (κ1) is 10.4. The lowest BCUT2D eigenvalue weighted by Gasteiger charge is -2.04. The molecule has 9 heteroatoms. The molecule has 0 unspecified atom stereocenters. The second kappa shape index (κ2) is 3.95. The Kier molecular flexibility index (Phi) is 2.29. The molecule has 0 fully saturated rings. The first-order chi connectivity index (χ1) is 8.74. The maximum absolute atomic E-state index is 11.3. The summed E-state index contributed by atoms with van der Waals surface area (Å²) in [6.07, 6.45) is 1.62. The highest BCUT2D eigenvalue weighted by atomic mass is 16.2. The maximum atomic E-state index is 11.3. The van der Waals surface area contributed by atoms with Gasteiger partial charge in [-0.05, 0) is 12.1 Å². The molecule has 0 atom stereocenters. The highest BCUT2D eigenvalue weighted by molar-refractivity contribution is 5.42. The highest BCUT2D eigenvalue weighted by Crippen LogP contribution is 2.04. The number of hydrogen-bond acceptors (Lipinski definition) is 6. The lowest BCUT2D eigenvalue weighted by atomic mass is 10.5. The van der Waals surface area contributed by atoms with E-state index >= 15 is 0 Å². The van der Waals surface area contributed by atoms with Gasteiger partial charge in [0.05, 0.1) is 6.54 Å². The third kappa shape index (κ3) is 1.71. The molecular weight excluding hydrogens is 236 g/mol. The number of fused-ring (bicyclic) bond motifs is 1. The highest BCUT2D eigenvalue weighted by Gasteiger charge is 2.04. The molecule has 18 heavy (non-hydrogen) atoms. The van der Waals surface area contributed by atoms with E-state index in [4.69, 9.17) is 0 Å². The van der Waals surface area contributed by atoms with Crippen LogP contribution in [-0.4, -0.2) is 34.6 Å². The van der Waals surface area contributed by atoms with Crippen LogP contribution in [0.3, 0.4) is 0 Å². The number of aromatic amines is 1. The van der Waals surface area contributed by atoms with Gasteiger partial charge in [0.1, 0.15) is 12.1 Å². The summed E-state index contributed by atoms with van der Waals surface area (Å²) in [4.78, 5) is 11.3. The average molecular weight is 246 g/mol. The van der Waals surface area contributed by atoms with Crippen molar-refractivity contribution in [3.05, 3.63) is 34.8 Å². The van der Waals surface area contributed by atoms with Crippen molar-refractivity contribution in [2.45, 2.75) is 6.54 Å². The zero-order chi connectivity index (χ0) is 12.5. The zero-order valence-corrected chi connectivity index (χ0v) is 9.53. The van der Waals surface area contributed by atoms with E-state index < -0.39 is 0 Å². The minimum atomic E-state index is -0.368. The first-order valence-corrected chi connectivity index (χ1v) is 5.25. The Morgan fingerprint density at radius 2 is 2.33 bits per heavy atom. The second-order valence-electron chi connectivity index (χ2n) is 3.73. The van der Waals surface area contributed by atoms with Crippen molar-refractivity contribution in [3.63, 3.8) is 0 Å². The molecule has 9 nitrogen and oxygen atoms in total. The van der Waals surface area contributed by atoms with Gasteiger partial charge in [0.25, 0.3) is 0 Å². The van der Waals surface area contributed by atoms with E-state index in [1.54, 1.807) is 23.0 Å². The van der Waals surface area contributed by atoms with E-state index in [9.17, 15) is 4.79 Å². The van der Waals surface area contributed by atoms with Crippen LogP contribution in [0, 0.1) is 0 Å². The summed E-state index contributed by atoms with van der Waals surface area (Å²) in [5.41, 5.74) is 0.108. The van der Waals surface area contributed by atoms with Crippen LogP contribution in [0.4, 0.5) is 5.82 Å². The summed E-state index contributed by atoms with van der Waals surface area (Å²) in [6.45, 7) is 0.474. The molecule has 0 aromatic carbocycles. The Labute approximate surface area is 100 Å². The van der Waals surface area contributed by atoms with Gasteiger partial charge in [0.15, 0.2) is 11.5 Å². The van der Waals surface area contributed by atoms with Crippen LogP contribution in [0.25, 0.3) is 5.65 Å². The molecule has 0 aliphatic carbocycles. The minimum absolute atomic E-state index is 0.368. The Bertz CT molecular complexity index is 738. The van der Waals surface area contributed by atoms with Crippen LogP contribution in [0.1, 0.15) is 5.82 Å². The van der Waals surface area contributed by atoms with E-state index in [1.807, 2.05) is 7.05 Å². The zero-order valence-electron chi connectivity index (χ0n) is 9.53. The van der Waals surface area contributed by atoms with Crippen molar-refractivity contribution < 1.29 is 0 Å². The van der Waals surface area contributed by atoms with E-state index in [0.29, 0.717) is 18.0 Å². The molecule has 92 valence electrons. The number of aromatic nitrogens is 7. The number of nitrogens with one attached hydrogen (secondary N) is 2. The van der Waals surface area contributed by atoms with Gasteiger partial charge >= 0.3 is 5.69 Å². The number of anilines is 1. The fourth-order valence-corrected chi connectivity index (χ4v) is 1.53. The SMILES string of the molecule is Cn1cnnc1CNc1ccc2n[nH]c(=O)n2n1. The lowest BCUT2D eigenvalue weighted by molar-refractivity contribution is 0.802. The van der Waals surface area contributed by atoms with Crippen LogP contribution < -0.4 is 11.0 Å². The number of hydrogen-bond donors (Lipinski definition) is 2. The Hall–Kier alpha value is -2.71. The van der Waals surface area contributed by atoms with Crippen molar-refractivity contribution in [3.8, 4) is 0 Å². The van der Waals surface area contributed by atoms with Crippen molar-refractivity contribution in [2.24, 2.45) is 7.05 Å². The molecule has 0 bridgehead atoms. The molecule has 0 saturated carbocycles. The molecular formula is C9H10N8O. The summed E-state index contributed by atoms with van der Waals surface area (Å²) < 4.78 is 2.99. The van der Waals surface area contributed by atoms with Crippen LogP contribution >= 0.6 is 0 Å². The van der Waals surface area contributed by atoms with Gasteiger partial charge in [-0.3, -0.25) is 0 Å². The van der Waals surface area contributed by atoms with Crippen molar-refractivity contribution in [1.29, 1.82) is 0 Å². The van der Waals surface area contributed by atoms with E-state index in [0.717, 1.165) is 5.82 Å². The minimum Gasteiger partial charge on any atom is -0.361 e. The van der Waals surface area contributed by atoms with E-state index in [2.05, 4.69) is 30.8 Å². The third-order valence-corrected chi connectivity index (χ3v) is 2.51. The van der Waals surface area contributed by atoms with Crippen LogP contribution in [0.5, 0.6) is 0 Å². The Morgan fingerprint density at radius 1 is 1.44 bits per heavy atom. The van der Waals surface area contributed by atoms with Gasteiger partial charge in [-0.2, -0.15) is 9.61 Å². The summed E-state index contributed by atoms with van der Waals surface area (Å²) >= 11 is 0. The smallest absolute Gasteiger partial charge is 0.361 e. The molecule has 0 aliphatic rings. The summed E-state index contributed by atoms with van der Waals surface area (Å²) in [5.74, 6) is 1.34. The Morgan fingerprint density at radius 3 is 3.11 bits per heavy atom. The summed E-state index contributed by atoms with van der Waals surface area (Å²) in [7, 11) is 1.86. The topological polar surface area (TPSA) is 106 Å². The van der Waals surface area contributed by atoms with Gasteiger partial charge in [0.2, 0.25) is 0 Å². The Balaban J connectivity index is 1.84. The number of H-pyrrole nitrogens is 1. The van der Waals surface area contributed by atoms with Gasteiger partial charge in [0, 0.05) is 7.05 Å². The molecule has 0 spiro atoms. The predicted octanol–water partition coefficient (Wildman–Crippen LogP) is -0.842. The predicted molar refractivity (Wildman–Crippen MR) is 61.9 cm³/mol. The number of aryl methyl sites for hydroxylation is 1. The average Bonchev–Trinajstić information content (AvgIpc) is 2.94. The van der Waals surface area contributed by atoms with E-state index in [-0.39, 0.29) is 5.69 Å². The van der Waals surface area contributed by atoms with E-state index in [1.165, 1.54) is 4.52 Å². The van der Waals surface area contributed by atoms with Crippen LogP contribution in [0.2, 0.25) is 0 Å². The molecule has 0 aliphatic heterocycles. The van der Waals surface area contributed by atoms with Crippen LogP contribution in [-0.2, 0) is 13.6 Å². The standard InChI is InChI=1S/C9H10N8O/c1-16-5-11-12-8(16)4-10-6-2-3-7-13-14-9(18)17(7)15-6/h2-3,5H,4H2,1H3,(H,10,15)(H,14,18). The van der Waals surface area contributed by atoms with Crippen molar-refractivity contribution in [2.75, 3.05) is 5.32 Å². The van der Waals surface area contributed by atoms with Crippen LogP contribution in [0.15, 0.2) is 23.3 Å². The molecule has 2 N–H and O–H groups in total. The normalized spacial score (nSPS) is 10.9. The fraction of sp³-hybridized carbons (Fsp3) is 0.222. The molecule has 3 rings (SSSR count). The third-order valence-electron chi connectivity index (χ3n) is 2.51. The van der Waals surface area contributed by atoms with Gasteiger partial charge in [-0.25, -0.2) is 9.89 Å². The number of rotatable bonds is 3. The molecule has 0 amide bonds. The second-order valence-corrected chi connectivity index (χ2v) is 3.73. The fourth-order valence-electron chi connectivity index (χ4n) is 1.53. The summed E-state index contributed by atoms with van der Waals surface area (Å²) in [6, 6.07) is 3.44. The van der Waals surface area contributed by atoms with Crippen molar-refractivity contribution >= 4 is 11.5 Å². The first-order valence-electron chi connectivity index (χ1n) is 5.25. The molecule has 0 radical (unpaired) electrons. The van der Waals surface area contributed by atoms with Gasteiger partial charge < -0.3 is 9.88 Å². The van der Waals surface area contributed by atoms with Crippen molar-refractivity contribution in [1.82, 2.24) is 34.6 Å².